The van der Waals surface area contributed by atoms with Crippen LogP contribution < -0.4 is 4.74 Å². The Morgan fingerprint density at radius 1 is 1.29 bits per heavy atom. The van der Waals surface area contributed by atoms with Crippen molar-refractivity contribution >= 4 is 26.9 Å². The van der Waals surface area contributed by atoms with Crippen molar-refractivity contribution in [3.05, 3.63) is 48.0 Å². The maximum Gasteiger partial charge on any atom is 0.309 e. The molecule has 1 fully saturated rings. The highest BCUT2D eigenvalue weighted by Gasteiger charge is 2.43. The Morgan fingerprint density at radius 2 is 2.06 bits per heavy atom. The first-order valence-corrected chi connectivity index (χ1v) is 12.5. The smallest absolute Gasteiger partial charge is 0.309 e. The summed E-state index contributed by atoms with van der Waals surface area (Å²) in [4.78, 5) is 15.4. The van der Waals surface area contributed by atoms with Crippen LogP contribution in [0.4, 0.5) is 4.39 Å². The Hall–Kier alpha value is -3.05. The van der Waals surface area contributed by atoms with Crippen LogP contribution in [0.1, 0.15) is 45.3 Å². The van der Waals surface area contributed by atoms with Gasteiger partial charge in [0.05, 0.1) is 36.5 Å². The van der Waals surface area contributed by atoms with Crippen molar-refractivity contribution in [2.45, 2.75) is 56.6 Å². The first kappa shape index (κ1) is 24.1. The molecule has 1 unspecified atom stereocenters. The third kappa shape index (κ3) is 4.49. The first-order chi connectivity index (χ1) is 16.0. The number of nitrogens with zero attached hydrogens (tertiary/aromatic N) is 4. The molecule has 0 saturated carbocycles. The van der Waals surface area contributed by atoms with Gasteiger partial charge in [0.2, 0.25) is 0 Å². The Morgan fingerprint density at radius 3 is 2.68 bits per heavy atom. The van der Waals surface area contributed by atoms with Crippen LogP contribution in [0.5, 0.6) is 5.75 Å². The number of piperidine rings is 1. The van der Waals surface area contributed by atoms with Gasteiger partial charge in [0.15, 0.2) is 5.03 Å². The molecule has 0 aliphatic carbocycles. The monoisotopic (exact) mass is 490 g/mol. The van der Waals surface area contributed by atoms with Crippen LogP contribution in [0.2, 0.25) is 0 Å². The van der Waals surface area contributed by atoms with E-state index in [4.69, 9.17) is 4.74 Å². The predicted molar refractivity (Wildman–Crippen MR) is 123 cm³/mol. The van der Waals surface area contributed by atoms with Gasteiger partial charge >= 0.3 is 5.97 Å². The average Bonchev–Trinajstić information content (AvgIpc) is 3.10. The molecule has 3 aromatic rings. The Kier molecular flexibility index (Phi) is 6.34. The second kappa shape index (κ2) is 8.95. The van der Waals surface area contributed by atoms with Crippen molar-refractivity contribution in [2.24, 2.45) is 0 Å². The number of ether oxygens (including phenoxy) is 1. The quantitative estimate of drug-likeness (QED) is 0.540. The molecular weight excluding hydrogens is 463 g/mol. The van der Waals surface area contributed by atoms with Crippen molar-refractivity contribution in [3.63, 3.8) is 0 Å². The van der Waals surface area contributed by atoms with Crippen molar-refractivity contribution < 1.29 is 27.4 Å². The zero-order valence-electron chi connectivity index (χ0n) is 19.2. The lowest BCUT2D eigenvalue weighted by Crippen LogP contribution is -2.53. The molecule has 2 aromatic heterocycles. The van der Waals surface area contributed by atoms with Crippen LogP contribution in [-0.4, -0.2) is 57.3 Å². The summed E-state index contributed by atoms with van der Waals surface area (Å²) in [5, 5.41) is 14.3. The van der Waals surface area contributed by atoms with Gasteiger partial charge in [0.25, 0.3) is 10.0 Å². The van der Waals surface area contributed by atoms with Crippen LogP contribution in [0.15, 0.2) is 41.6 Å². The number of carbonyl (C=O) groups is 1. The van der Waals surface area contributed by atoms with Crippen LogP contribution in [0, 0.1) is 5.82 Å². The highest BCUT2D eigenvalue weighted by Crippen LogP contribution is 2.39. The fourth-order valence-electron chi connectivity index (χ4n) is 4.62. The Bertz CT molecular complexity index is 1320. The van der Waals surface area contributed by atoms with E-state index in [0.29, 0.717) is 41.8 Å². The van der Waals surface area contributed by atoms with Crippen LogP contribution in [0.25, 0.3) is 10.9 Å². The van der Waals surface area contributed by atoms with Crippen molar-refractivity contribution in [1.29, 1.82) is 0 Å². The number of pyridine rings is 1. The number of sulfonamides is 1. The molecule has 1 aliphatic rings. The Labute approximate surface area is 197 Å². The molecule has 1 aromatic carbocycles. The molecule has 4 rings (SSSR count). The summed E-state index contributed by atoms with van der Waals surface area (Å²) >= 11 is 0. The largest absolute Gasteiger partial charge is 0.492 e. The number of benzene rings is 1. The molecule has 1 N–H and O–H groups in total. The molecule has 182 valence electrons. The topological polar surface area (TPSA) is 115 Å². The van der Waals surface area contributed by atoms with Crippen LogP contribution in [-0.2, 0) is 21.2 Å². The zero-order chi connectivity index (χ0) is 24.7. The lowest BCUT2D eigenvalue weighted by molar-refractivity contribution is -0.136. The summed E-state index contributed by atoms with van der Waals surface area (Å²) in [5.41, 5.74) is 0.0658. The Balaban J connectivity index is 1.64. The average molecular weight is 491 g/mol. The van der Waals surface area contributed by atoms with E-state index in [1.807, 2.05) is 20.8 Å². The highest BCUT2D eigenvalue weighted by atomic mass is 32.2. The molecule has 0 amide bonds. The summed E-state index contributed by atoms with van der Waals surface area (Å²) in [6.07, 6.45) is 1.95. The normalized spacial score (nSPS) is 18.8. The number of carboxylic acids is 1. The van der Waals surface area contributed by atoms with E-state index in [1.165, 1.54) is 34.8 Å². The molecule has 3 heterocycles. The molecule has 1 aliphatic heterocycles. The minimum Gasteiger partial charge on any atom is -0.492 e. The summed E-state index contributed by atoms with van der Waals surface area (Å²) in [7, 11) is -3.87. The summed E-state index contributed by atoms with van der Waals surface area (Å²) in [5.74, 6) is -0.981. The van der Waals surface area contributed by atoms with Gasteiger partial charge in [-0.1, -0.05) is 0 Å². The van der Waals surface area contributed by atoms with E-state index in [9.17, 15) is 22.7 Å². The maximum absolute atomic E-state index is 14.0. The minimum atomic E-state index is -3.87. The highest BCUT2D eigenvalue weighted by molar-refractivity contribution is 7.89. The van der Waals surface area contributed by atoms with Gasteiger partial charge < -0.3 is 9.84 Å². The molecule has 0 radical (unpaired) electrons. The number of halogens is 1. The number of aromatic nitrogens is 3. The van der Waals surface area contributed by atoms with E-state index < -0.39 is 27.3 Å². The van der Waals surface area contributed by atoms with Crippen molar-refractivity contribution in [1.82, 2.24) is 19.1 Å². The van der Waals surface area contributed by atoms with Gasteiger partial charge in [-0.3, -0.25) is 9.48 Å². The molecular formula is C23H27FN4O5S. The second-order valence-corrected chi connectivity index (χ2v) is 10.7. The van der Waals surface area contributed by atoms with Crippen LogP contribution >= 0.6 is 0 Å². The number of carboxylic acid groups (broad SMARTS) is 1. The molecule has 0 bridgehead atoms. The number of aliphatic carboxylic acids is 1. The fourth-order valence-corrected chi connectivity index (χ4v) is 6.34. The van der Waals surface area contributed by atoms with Gasteiger partial charge in [-0.2, -0.15) is 9.40 Å². The van der Waals surface area contributed by atoms with E-state index in [-0.39, 0.29) is 24.0 Å². The van der Waals surface area contributed by atoms with Crippen molar-refractivity contribution in [2.75, 3.05) is 13.2 Å². The number of fused-ring (bicyclic) bond motifs is 1. The van der Waals surface area contributed by atoms with E-state index in [1.54, 1.807) is 10.7 Å². The maximum atomic E-state index is 14.0. The van der Waals surface area contributed by atoms with E-state index in [0.717, 1.165) is 0 Å². The molecule has 1 saturated heterocycles. The predicted octanol–water partition coefficient (Wildman–Crippen LogP) is 3.40. The molecule has 1 atom stereocenters. The molecule has 9 nitrogen and oxygen atoms in total. The molecule has 0 spiro atoms. The summed E-state index contributed by atoms with van der Waals surface area (Å²) in [6.45, 7) is 6.15. The van der Waals surface area contributed by atoms with E-state index >= 15 is 0 Å². The van der Waals surface area contributed by atoms with Gasteiger partial charge in [0.1, 0.15) is 11.6 Å². The summed E-state index contributed by atoms with van der Waals surface area (Å²) in [6, 6.07) is 6.94. The third-order valence-electron chi connectivity index (χ3n) is 6.06. The lowest BCUT2D eigenvalue weighted by atomic mass is 9.89. The molecule has 11 heteroatoms. The lowest BCUT2D eigenvalue weighted by Gasteiger charge is -2.44. The fraction of sp³-hybridized carbons (Fsp3) is 0.435. The van der Waals surface area contributed by atoms with Crippen LogP contribution in [0.3, 0.4) is 0 Å². The van der Waals surface area contributed by atoms with Crippen molar-refractivity contribution in [3.8, 4) is 5.75 Å². The first-order valence-electron chi connectivity index (χ1n) is 11.0. The zero-order valence-corrected chi connectivity index (χ0v) is 20.0. The van der Waals surface area contributed by atoms with Gasteiger partial charge in [-0.05, 0) is 63.9 Å². The molecule has 34 heavy (non-hydrogen) atoms. The number of hydrogen-bond donors (Lipinski definition) is 1. The standard InChI is InChI=1S/C23H27FN4O5S/c1-4-33-17-6-8-21(25-14-17)34(31,32)27-10-9-16(13-23(27,2)3)28-20-11-15(24)5-7-18(20)19(26-28)12-22(29)30/h5-8,11,14,16H,4,9-10,12-13H2,1-3H3,(H,29,30). The SMILES string of the molecule is CCOc1ccc(S(=O)(=O)N2CCC(n3nc(CC(=O)O)c4ccc(F)cc43)CC2(C)C)nc1. The van der Waals surface area contributed by atoms with Gasteiger partial charge in [0, 0.05) is 17.5 Å². The van der Waals surface area contributed by atoms with Gasteiger partial charge in [-0.25, -0.2) is 17.8 Å². The summed E-state index contributed by atoms with van der Waals surface area (Å²) < 4.78 is 49.2. The van der Waals surface area contributed by atoms with Gasteiger partial charge in [-0.15, -0.1) is 0 Å². The minimum absolute atomic E-state index is 0.0576. The number of hydrogen-bond acceptors (Lipinski definition) is 6. The van der Waals surface area contributed by atoms with E-state index in [2.05, 4.69) is 10.1 Å². The number of rotatable bonds is 7. The second-order valence-electron chi connectivity index (χ2n) is 8.92. The third-order valence-corrected chi connectivity index (χ3v) is 8.09.